The number of carbonyl (C=O) groups excluding carboxylic acids is 1. The molecule has 0 aliphatic rings. The van der Waals surface area contributed by atoms with E-state index in [9.17, 15) is 14.7 Å². The fourth-order valence-electron chi connectivity index (χ4n) is 2.25. The number of hydrogen-bond acceptors (Lipinski definition) is 6. The molecule has 0 aliphatic heterocycles. The van der Waals surface area contributed by atoms with Crippen molar-refractivity contribution in [2.45, 2.75) is 25.9 Å². The van der Waals surface area contributed by atoms with E-state index < -0.39 is 11.2 Å². The van der Waals surface area contributed by atoms with Crippen molar-refractivity contribution < 1.29 is 23.8 Å². The van der Waals surface area contributed by atoms with Gasteiger partial charge in [-0.3, -0.25) is 4.79 Å². The molecule has 0 fully saturated rings. The lowest BCUT2D eigenvalue weighted by Crippen LogP contribution is -2.24. The second-order valence-electron chi connectivity index (χ2n) is 5.57. The largest absolute Gasteiger partial charge is 0.496 e. The minimum atomic E-state index is -1.19. The molecular formula is C16H18O6. The van der Waals surface area contributed by atoms with Gasteiger partial charge in [0.1, 0.15) is 17.1 Å². The van der Waals surface area contributed by atoms with E-state index >= 15 is 0 Å². The topological polar surface area (TPSA) is 86.0 Å². The minimum absolute atomic E-state index is 0.0953. The second kappa shape index (κ2) is 5.81. The molecule has 2 aromatic rings. The zero-order valence-electron chi connectivity index (χ0n) is 12.9. The molecule has 0 saturated heterocycles. The molecule has 6 heteroatoms. The zero-order chi connectivity index (χ0) is 16.5. The summed E-state index contributed by atoms with van der Waals surface area (Å²) >= 11 is 0. The quantitative estimate of drug-likeness (QED) is 0.673. The Balaban J connectivity index is 2.78. The molecule has 1 heterocycles. The van der Waals surface area contributed by atoms with Crippen molar-refractivity contribution >= 4 is 16.8 Å². The molecule has 1 N–H and O–H groups in total. The van der Waals surface area contributed by atoms with Crippen LogP contribution in [-0.2, 0) is 0 Å². The fourth-order valence-corrected chi connectivity index (χ4v) is 2.25. The number of fused-ring (bicyclic) bond motifs is 1. The highest BCUT2D eigenvalue weighted by molar-refractivity contribution is 6.10. The van der Waals surface area contributed by atoms with Crippen molar-refractivity contribution in [1.82, 2.24) is 0 Å². The van der Waals surface area contributed by atoms with Crippen LogP contribution in [0.3, 0.4) is 0 Å². The molecule has 0 bridgehead atoms. The van der Waals surface area contributed by atoms with Crippen molar-refractivity contribution in [3.05, 3.63) is 34.2 Å². The molecule has 1 aromatic carbocycles. The molecule has 0 spiro atoms. The van der Waals surface area contributed by atoms with Crippen LogP contribution < -0.4 is 15.1 Å². The highest BCUT2D eigenvalue weighted by Crippen LogP contribution is 2.36. The van der Waals surface area contributed by atoms with Gasteiger partial charge in [0.25, 0.3) is 0 Å². The van der Waals surface area contributed by atoms with Crippen molar-refractivity contribution in [3.63, 3.8) is 0 Å². The lowest BCUT2D eigenvalue weighted by molar-refractivity contribution is 0.0586. The van der Waals surface area contributed by atoms with Gasteiger partial charge in [0, 0.05) is 18.6 Å². The van der Waals surface area contributed by atoms with Gasteiger partial charge >= 0.3 is 5.63 Å². The number of rotatable bonds is 5. The van der Waals surface area contributed by atoms with E-state index in [2.05, 4.69) is 0 Å². The Morgan fingerprint density at radius 1 is 1.23 bits per heavy atom. The van der Waals surface area contributed by atoms with E-state index in [0.29, 0.717) is 11.1 Å². The molecule has 2 rings (SSSR count). The van der Waals surface area contributed by atoms with Crippen LogP contribution in [0.4, 0.5) is 0 Å². The van der Waals surface area contributed by atoms with Gasteiger partial charge in [-0.05, 0) is 19.9 Å². The lowest BCUT2D eigenvalue weighted by Gasteiger charge is -2.18. The van der Waals surface area contributed by atoms with E-state index in [0.717, 1.165) is 0 Å². The summed E-state index contributed by atoms with van der Waals surface area (Å²) in [5.41, 5.74) is -1.56. The summed E-state index contributed by atoms with van der Waals surface area (Å²) < 4.78 is 15.7. The van der Waals surface area contributed by atoms with Gasteiger partial charge in [0.15, 0.2) is 11.4 Å². The highest BCUT2D eigenvalue weighted by Gasteiger charge is 2.26. The molecule has 22 heavy (non-hydrogen) atoms. The summed E-state index contributed by atoms with van der Waals surface area (Å²) in [4.78, 5) is 24.1. The average molecular weight is 306 g/mol. The van der Waals surface area contributed by atoms with Crippen LogP contribution in [0.1, 0.15) is 30.6 Å². The third-order valence-corrected chi connectivity index (χ3v) is 3.15. The highest BCUT2D eigenvalue weighted by atomic mass is 16.5. The van der Waals surface area contributed by atoms with Gasteiger partial charge in [-0.15, -0.1) is 0 Å². The smallest absolute Gasteiger partial charge is 0.336 e. The van der Waals surface area contributed by atoms with Crippen molar-refractivity contribution in [1.29, 1.82) is 0 Å². The average Bonchev–Trinajstić information content (AvgIpc) is 2.42. The predicted octanol–water partition coefficient (Wildman–Crippen LogP) is 2.15. The predicted molar refractivity (Wildman–Crippen MR) is 80.8 cm³/mol. The standard InChI is InChI=1S/C16H18O6/c1-16(2,19)8-10(17)14-12(21-4)7-11(20-3)9-5-6-13(18)22-15(9)14/h5-7,19H,8H2,1-4H3. The maximum Gasteiger partial charge on any atom is 0.336 e. The van der Waals surface area contributed by atoms with Crippen LogP contribution >= 0.6 is 0 Å². The maximum atomic E-state index is 12.5. The first kappa shape index (κ1) is 16.0. The Labute approximate surface area is 127 Å². The lowest BCUT2D eigenvalue weighted by atomic mass is 9.95. The summed E-state index contributed by atoms with van der Waals surface area (Å²) in [7, 11) is 2.88. The SMILES string of the molecule is COc1cc(OC)c2ccc(=O)oc2c1C(=O)CC(C)(C)O. The molecule has 118 valence electrons. The number of Topliss-reactive ketones (excluding diaryl/α,β-unsaturated/α-hetero) is 1. The summed E-state index contributed by atoms with van der Waals surface area (Å²) in [5.74, 6) is 0.273. The number of ether oxygens (including phenoxy) is 2. The molecule has 0 unspecified atom stereocenters. The van der Waals surface area contributed by atoms with Crippen molar-refractivity contribution in [2.24, 2.45) is 0 Å². The van der Waals surface area contributed by atoms with E-state index in [1.54, 1.807) is 6.07 Å². The molecule has 0 saturated carbocycles. The molecule has 1 aromatic heterocycles. The Bertz CT molecular complexity index is 767. The van der Waals surface area contributed by atoms with Crippen LogP contribution in [0.5, 0.6) is 11.5 Å². The Hall–Kier alpha value is -2.34. The minimum Gasteiger partial charge on any atom is -0.496 e. The maximum absolute atomic E-state index is 12.5. The molecular weight excluding hydrogens is 288 g/mol. The Kier molecular flexibility index (Phi) is 4.23. The first-order valence-corrected chi connectivity index (χ1v) is 6.71. The fraction of sp³-hybridized carbons (Fsp3) is 0.375. The van der Waals surface area contributed by atoms with Crippen LogP contribution in [0.25, 0.3) is 11.0 Å². The van der Waals surface area contributed by atoms with Gasteiger partial charge in [-0.25, -0.2) is 4.79 Å². The normalized spacial score (nSPS) is 11.5. The molecule has 0 aliphatic carbocycles. The third kappa shape index (κ3) is 3.12. The Morgan fingerprint density at radius 3 is 2.41 bits per heavy atom. The van der Waals surface area contributed by atoms with Gasteiger partial charge in [0.2, 0.25) is 0 Å². The monoisotopic (exact) mass is 306 g/mol. The summed E-state index contributed by atoms with van der Waals surface area (Å²) in [6.45, 7) is 3.05. The molecule has 0 amide bonds. The zero-order valence-corrected chi connectivity index (χ0v) is 12.9. The van der Waals surface area contributed by atoms with Crippen LogP contribution in [-0.4, -0.2) is 30.7 Å². The van der Waals surface area contributed by atoms with Gasteiger partial charge in [-0.1, -0.05) is 0 Å². The van der Waals surface area contributed by atoms with E-state index in [-0.39, 0.29) is 29.1 Å². The van der Waals surface area contributed by atoms with Crippen LogP contribution in [0, 0.1) is 0 Å². The molecule has 6 nitrogen and oxygen atoms in total. The van der Waals surface area contributed by atoms with Gasteiger partial charge in [0.05, 0.1) is 25.2 Å². The second-order valence-corrected chi connectivity index (χ2v) is 5.57. The molecule has 0 atom stereocenters. The van der Waals surface area contributed by atoms with E-state index in [1.807, 2.05) is 0 Å². The van der Waals surface area contributed by atoms with Crippen LogP contribution in [0.2, 0.25) is 0 Å². The first-order valence-electron chi connectivity index (χ1n) is 6.71. The number of carbonyl (C=O) groups is 1. The third-order valence-electron chi connectivity index (χ3n) is 3.15. The summed E-state index contributed by atoms with van der Waals surface area (Å²) in [6, 6.07) is 4.34. The summed E-state index contributed by atoms with van der Waals surface area (Å²) in [5, 5.41) is 10.3. The summed E-state index contributed by atoms with van der Waals surface area (Å²) in [6.07, 6.45) is -0.136. The van der Waals surface area contributed by atoms with Gasteiger partial charge in [-0.2, -0.15) is 0 Å². The van der Waals surface area contributed by atoms with E-state index in [4.69, 9.17) is 13.9 Å². The number of hydrogen-bond donors (Lipinski definition) is 1. The number of benzene rings is 1. The van der Waals surface area contributed by atoms with E-state index in [1.165, 1.54) is 40.2 Å². The van der Waals surface area contributed by atoms with Gasteiger partial charge < -0.3 is 19.0 Å². The van der Waals surface area contributed by atoms with Crippen molar-refractivity contribution in [2.75, 3.05) is 14.2 Å². The first-order chi connectivity index (χ1) is 10.3. The number of methoxy groups -OCH3 is 2. The van der Waals surface area contributed by atoms with Crippen molar-refractivity contribution in [3.8, 4) is 11.5 Å². The number of aliphatic hydroxyl groups is 1. The number of ketones is 1. The Morgan fingerprint density at radius 2 is 1.86 bits per heavy atom. The van der Waals surface area contributed by atoms with Crippen LogP contribution in [0.15, 0.2) is 27.4 Å². The molecule has 0 radical (unpaired) electrons.